The van der Waals surface area contributed by atoms with Gasteiger partial charge in [-0.15, -0.1) is 0 Å². The molecule has 0 aliphatic carbocycles. The molecule has 0 spiro atoms. The number of hydrogen-bond acceptors (Lipinski definition) is 2. The molecule has 0 saturated carbocycles. The van der Waals surface area contributed by atoms with Gasteiger partial charge in [-0.05, 0) is 104 Å². The molecule has 0 bridgehead atoms. The molecule has 7 heteroatoms. The number of fused-ring (bicyclic) bond motifs is 6. The van der Waals surface area contributed by atoms with Gasteiger partial charge in [-0.2, -0.15) is 0 Å². The number of nitrogens with zero attached hydrogens (tertiary/aromatic N) is 2. The standard InChI is InChI=1S/C45H36BNSi.C33H26BBr2N.CH4/c1-45(2)37-21-9-13-25-41(37)47(42-26-14-10-22-38(42)45)34-31-29-33(30-32-34)46-39-23-11-15-27-43(39)48(35-17-5-3-6-18-35,36-19-7-4-8-20-36)44-28-16-12-24-40(44)46;1-33(2)25-11-3-9-17-31(25)37(32-18-10-4-12-26(32)33)24-21-19-23(20-22-24)34(27-13-5-7-15-29(27)35)28-14-6-8-16-30(28)36;/h3-32H,1-2H3;3-22H,1-2H3;1H4. The van der Waals surface area contributed by atoms with E-state index in [2.05, 4.69) is 373 Å². The van der Waals surface area contributed by atoms with Crippen LogP contribution in [0.15, 0.2) is 312 Å². The largest absolute Gasteiger partial charge is 0.310 e. The third-order valence-corrected chi connectivity index (χ3v) is 24.8. The van der Waals surface area contributed by atoms with Crippen molar-refractivity contribution in [3.8, 4) is 0 Å². The van der Waals surface area contributed by atoms with E-state index < -0.39 is 8.07 Å². The van der Waals surface area contributed by atoms with Gasteiger partial charge in [0.1, 0.15) is 0 Å². The Morgan fingerprint density at radius 2 is 0.651 bits per heavy atom. The van der Waals surface area contributed by atoms with Crippen molar-refractivity contribution in [2.45, 2.75) is 46.0 Å². The molecule has 86 heavy (non-hydrogen) atoms. The first kappa shape index (κ1) is 56.7. The van der Waals surface area contributed by atoms with Gasteiger partial charge in [0.2, 0.25) is 13.4 Å². The minimum absolute atomic E-state index is 0. The lowest BCUT2D eigenvalue weighted by atomic mass is 9.36. The first-order chi connectivity index (χ1) is 41.6. The van der Waals surface area contributed by atoms with Crippen LogP contribution in [-0.4, -0.2) is 21.5 Å². The molecule has 416 valence electrons. The minimum atomic E-state index is -2.59. The molecule has 0 atom stereocenters. The van der Waals surface area contributed by atoms with E-state index in [4.69, 9.17) is 0 Å². The fraction of sp³-hybridized carbons (Fsp3) is 0.0886. The Balaban J connectivity index is 0.000000163. The SMILES string of the molecule is C.CC1(C)c2ccccc2N(c2ccc(B(c3ccccc3Br)c3ccccc3Br)cc2)c2ccccc21.CC1(C)c2ccccc2N(c2ccc(B3c4ccccc4[Si](c4ccccc4)(c4ccccc4)c4ccccc43)cc2)c2ccccc21. The lowest BCUT2D eigenvalue weighted by Gasteiger charge is -2.43. The van der Waals surface area contributed by atoms with Gasteiger partial charge >= 0.3 is 0 Å². The molecule has 3 aliphatic heterocycles. The van der Waals surface area contributed by atoms with Crippen LogP contribution in [0.5, 0.6) is 0 Å². The molecule has 2 nitrogen and oxygen atoms in total. The molecule has 0 fully saturated rings. The van der Waals surface area contributed by atoms with E-state index in [0.29, 0.717) is 0 Å². The van der Waals surface area contributed by atoms with E-state index in [1.54, 1.807) is 0 Å². The van der Waals surface area contributed by atoms with Crippen LogP contribution in [0, 0.1) is 0 Å². The monoisotopic (exact) mass is 1250 g/mol. The Morgan fingerprint density at radius 3 is 1.03 bits per heavy atom. The summed E-state index contributed by atoms with van der Waals surface area (Å²) in [5.41, 5.74) is 20.5. The summed E-state index contributed by atoms with van der Waals surface area (Å²) in [7, 11) is -2.59. The zero-order valence-corrected chi connectivity index (χ0v) is 52.3. The van der Waals surface area contributed by atoms with Gasteiger partial charge in [-0.3, -0.25) is 0 Å². The lowest BCUT2D eigenvalue weighted by Crippen LogP contribution is -2.86. The molecular formula is C79H66B2Br2N2Si. The van der Waals surface area contributed by atoms with Crippen LogP contribution in [0.3, 0.4) is 0 Å². The first-order valence-corrected chi connectivity index (χ1v) is 33.1. The van der Waals surface area contributed by atoms with Crippen LogP contribution in [0.1, 0.15) is 57.4 Å². The predicted molar refractivity (Wildman–Crippen MR) is 381 cm³/mol. The molecular weight excluding hydrogens is 1190 g/mol. The topological polar surface area (TPSA) is 6.48 Å². The molecule has 0 unspecified atom stereocenters. The van der Waals surface area contributed by atoms with Crippen LogP contribution in [-0.2, 0) is 10.8 Å². The molecule has 12 aromatic carbocycles. The van der Waals surface area contributed by atoms with Crippen molar-refractivity contribution in [1.82, 2.24) is 0 Å². The van der Waals surface area contributed by atoms with Crippen molar-refractivity contribution < 1.29 is 0 Å². The Hall–Kier alpha value is -8.45. The highest BCUT2D eigenvalue weighted by Crippen LogP contribution is 2.53. The number of para-hydroxylation sites is 4. The van der Waals surface area contributed by atoms with Gasteiger partial charge in [0.25, 0.3) is 0 Å². The molecule has 15 rings (SSSR count). The maximum absolute atomic E-state index is 3.82. The first-order valence-electron chi connectivity index (χ1n) is 29.5. The average Bonchev–Trinajstić information content (AvgIpc) is 0.757. The summed E-state index contributed by atoms with van der Waals surface area (Å²) in [5.74, 6) is 0. The summed E-state index contributed by atoms with van der Waals surface area (Å²) in [6.07, 6.45) is 0. The number of rotatable bonds is 8. The molecule has 3 aliphatic rings. The zero-order valence-electron chi connectivity index (χ0n) is 48.2. The fourth-order valence-corrected chi connectivity index (χ4v) is 20.8. The van der Waals surface area contributed by atoms with Crippen molar-refractivity contribution in [2.75, 3.05) is 9.80 Å². The highest BCUT2D eigenvalue weighted by atomic mass is 79.9. The highest BCUT2D eigenvalue weighted by molar-refractivity contribution is 9.11. The maximum atomic E-state index is 3.82. The van der Waals surface area contributed by atoms with Crippen LogP contribution in [0.25, 0.3) is 0 Å². The van der Waals surface area contributed by atoms with Gasteiger partial charge in [-0.25, -0.2) is 0 Å². The summed E-state index contributed by atoms with van der Waals surface area (Å²) in [6, 6.07) is 112. The zero-order chi connectivity index (χ0) is 57.9. The molecule has 0 radical (unpaired) electrons. The van der Waals surface area contributed by atoms with Crippen molar-refractivity contribution >= 4 is 141 Å². The normalized spacial score (nSPS) is 14.3. The van der Waals surface area contributed by atoms with E-state index >= 15 is 0 Å². The summed E-state index contributed by atoms with van der Waals surface area (Å²) < 4.78 is 2.22. The second-order valence-electron chi connectivity index (χ2n) is 23.7. The maximum Gasteiger partial charge on any atom is 0.244 e. The summed E-state index contributed by atoms with van der Waals surface area (Å²) in [5, 5.41) is 5.82. The number of hydrogen-bond donors (Lipinski definition) is 0. The van der Waals surface area contributed by atoms with E-state index in [1.165, 1.54) is 104 Å². The quantitative estimate of drug-likeness (QED) is 0.140. The fourth-order valence-electron chi connectivity index (χ4n) is 14.5. The van der Waals surface area contributed by atoms with Crippen molar-refractivity contribution in [3.05, 3.63) is 335 Å². The van der Waals surface area contributed by atoms with Crippen molar-refractivity contribution in [1.29, 1.82) is 0 Å². The Kier molecular flexibility index (Phi) is 15.2. The average molecular weight is 1250 g/mol. The minimum Gasteiger partial charge on any atom is -0.310 e. The van der Waals surface area contributed by atoms with Crippen molar-refractivity contribution in [3.63, 3.8) is 0 Å². The second kappa shape index (κ2) is 23.1. The second-order valence-corrected chi connectivity index (χ2v) is 29.2. The summed E-state index contributed by atoms with van der Waals surface area (Å²) in [4.78, 5) is 4.86. The van der Waals surface area contributed by atoms with Gasteiger partial charge in [0.05, 0.1) is 22.7 Å². The Bertz CT molecular complexity index is 4200. The smallest absolute Gasteiger partial charge is 0.244 e. The Morgan fingerprint density at radius 1 is 0.337 bits per heavy atom. The van der Waals surface area contributed by atoms with Crippen LogP contribution in [0.4, 0.5) is 34.1 Å². The third kappa shape index (κ3) is 9.38. The van der Waals surface area contributed by atoms with Gasteiger partial charge < -0.3 is 9.80 Å². The lowest BCUT2D eigenvalue weighted by molar-refractivity contribution is 0.632. The van der Waals surface area contributed by atoms with Gasteiger partial charge in [0, 0.05) is 31.2 Å². The van der Waals surface area contributed by atoms with E-state index in [-0.39, 0.29) is 31.7 Å². The van der Waals surface area contributed by atoms with Crippen LogP contribution < -0.4 is 63.3 Å². The van der Waals surface area contributed by atoms with Crippen LogP contribution >= 0.6 is 31.9 Å². The number of benzene rings is 12. The molecule has 3 heterocycles. The molecule has 0 N–H and O–H groups in total. The van der Waals surface area contributed by atoms with Crippen LogP contribution in [0.2, 0.25) is 0 Å². The molecule has 0 saturated heterocycles. The highest BCUT2D eigenvalue weighted by Gasteiger charge is 2.50. The molecule has 0 amide bonds. The number of anilines is 6. The van der Waals surface area contributed by atoms with E-state index in [9.17, 15) is 0 Å². The summed E-state index contributed by atoms with van der Waals surface area (Å²) >= 11 is 7.63. The number of halogens is 2. The van der Waals surface area contributed by atoms with Crippen molar-refractivity contribution in [2.24, 2.45) is 0 Å². The summed E-state index contributed by atoms with van der Waals surface area (Å²) in [6.45, 7) is 9.57. The van der Waals surface area contributed by atoms with E-state index in [1.807, 2.05) is 0 Å². The predicted octanol–water partition coefficient (Wildman–Crippen LogP) is 14.5. The third-order valence-electron chi connectivity index (χ3n) is 18.4. The molecule has 12 aromatic rings. The van der Waals surface area contributed by atoms with Gasteiger partial charge in [0.15, 0.2) is 8.07 Å². The molecule has 0 aromatic heterocycles. The van der Waals surface area contributed by atoms with E-state index in [0.717, 1.165) is 14.6 Å². The van der Waals surface area contributed by atoms with Gasteiger partial charge in [-0.1, -0.05) is 342 Å². The Labute approximate surface area is 527 Å².